The van der Waals surface area contributed by atoms with Crippen LogP contribution in [-0.4, -0.2) is 5.78 Å². The third-order valence-electron chi connectivity index (χ3n) is 2.73. The molecule has 0 saturated heterocycles. The van der Waals surface area contributed by atoms with E-state index in [9.17, 15) is 4.79 Å². The normalized spacial score (nSPS) is 15.3. The van der Waals surface area contributed by atoms with Crippen molar-refractivity contribution in [1.29, 1.82) is 5.26 Å². The molecule has 0 fully saturated rings. The molecule has 2 aromatic heterocycles. The zero-order valence-electron chi connectivity index (χ0n) is 8.93. The van der Waals surface area contributed by atoms with Gasteiger partial charge in [-0.1, -0.05) is 0 Å². The largest absolute Gasteiger partial charge is 0.288 e. The molecule has 2 aromatic rings. The summed E-state index contributed by atoms with van der Waals surface area (Å²) < 4.78 is 0. The van der Waals surface area contributed by atoms with E-state index >= 15 is 0 Å². The molecule has 5 heteroatoms. The van der Waals surface area contributed by atoms with Gasteiger partial charge in [0.25, 0.3) is 5.70 Å². The lowest BCUT2D eigenvalue weighted by molar-refractivity contribution is 0.104. The van der Waals surface area contributed by atoms with E-state index in [1.54, 1.807) is 12.1 Å². The summed E-state index contributed by atoms with van der Waals surface area (Å²) in [6, 6.07) is 5.48. The van der Waals surface area contributed by atoms with Gasteiger partial charge in [-0.15, -0.1) is 22.7 Å². The third-order valence-corrected chi connectivity index (χ3v) is 4.58. The zero-order chi connectivity index (χ0) is 12.7. The van der Waals surface area contributed by atoms with Crippen LogP contribution in [0.25, 0.3) is 10.4 Å². The second-order valence-electron chi connectivity index (χ2n) is 3.60. The first-order valence-electron chi connectivity index (χ1n) is 5.00. The highest BCUT2D eigenvalue weighted by Crippen LogP contribution is 2.42. The van der Waals surface area contributed by atoms with Crippen LogP contribution in [0.15, 0.2) is 28.6 Å². The van der Waals surface area contributed by atoms with E-state index < -0.39 is 0 Å². The summed E-state index contributed by atoms with van der Waals surface area (Å²) >= 11 is 2.75. The summed E-state index contributed by atoms with van der Waals surface area (Å²) in [4.78, 5) is 16.8. The highest BCUT2D eigenvalue weighted by atomic mass is 32.1. The molecular formula is C13H4N2OS2. The van der Waals surface area contributed by atoms with E-state index in [1.807, 2.05) is 16.8 Å². The Hall–Kier alpha value is -2.21. The molecule has 0 radical (unpaired) electrons. The maximum atomic E-state index is 12.2. The lowest BCUT2D eigenvalue weighted by atomic mass is 9.91. The first-order chi connectivity index (χ1) is 8.77. The molecule has 3 nitrogen and oxygen atoms in total. The summed E-state index contributed by atoms with van der Waals surface area (Å²) in [7, 11) is 0. The fraction of sp³-hybridized carbons (Fsp3) is 0. The molecule has 18 heavy (non-hydrogen) atoms. The fourth-order valence-corrected chi connectivity index (χ4v) is 3.79. The number of nitrogens with zero attached hydrogens (tertiary/aromatic N) is 2. The Morgan fingerprint density at radius 1 is 1.22 bits per heavy atom. The number of rotatable bonds is 0. The summed E-state index contributed by atoms with van der Waals surface area (Å²) in [5.74, 6) is -0.0118. The van der Waals surface area contributed by atoms with Crippen LogP contribution in [0.2, 0.25) is 0 Å². The van der Waals surface area contributed by atoms with Gasteiger partial charge >= 0.3 is 0 Å². The highest BCUT2D eigenvalue weighted by molar-refractivity contribution is 7.14. The average molecular weight is 268 g/mol. The van der Waals surface area contributed by atoms with Crippen molar-refractivity contribution in [2.45, 2.75) is 0 Å². The van der Waals surface area contributed by atoms with Gasteiger partial charge in [-0.05, 0) is 28.5 Å². The quantitative estimate of drug-likeness (QED) is 0.462. The molecule has 0 saturated carbocycles. The molecular weight excluding hydrogens is 264 g/mol. The number of hydrogen-bond donors (Lipinski definition) is 0. The van der Waals surface area contributed by atoms with Crippen molar-refractivity contribution in [3.63, 3.8) is 0 Å². The van der Waals surface area contributed by atoms with Crippen LogP contribution in [-0.2, 0) is 0 Å². The second kappa shape index (κ2) is 3.92. The van der Waals surface area contributed by atoms with Gasteiger partial charge in [0.1, 0.15) is 0 Å². The van der Waals surface area contributed by atoms with Crippen molar-refractivity contribution in [3.05, 3.63) is 60.9 Å². The van der Waals surface area contributed by atoms with Gasteiger partial charge in [0.05, 0.1) is 17.5 Å². The SMILES string of the molecule is [C-]#[N+]/C(C#N)=C1/c2ccsc2C(=O)c2ccsc21. The molecule has 0 bridgehead atoms. The van der Waals surface area contributed by atoms with Crippen molar-refractivity contribution in [1.82, 2.24) is 0 Å². The van der Waals surface area contributed by atoms with Crippen LogP contribution in [0.3, 0.4) is 0 Å². The van der Waals surface area contributed by atoms with Gasteiger partial charge in [0.15, 0.2) is 0 Å². The van der Waals surface area contributed by atoms with E-state index in [1.165, 1.54) is 22.7 Å². The zero-order valence-corrected chi connectivity index (χ0v) is 10.6. The lowest BCUT2D eigenvalue weighted by Crippen LogP contribution is -2.10. The van der Waals surface area contributed by atoms with Crippen LogP contribution in [0, 0.1) is 17.9 Å². The highest BCUT2D eigenvalue weighted by Gasteiger charge is 2.31. The van der Waals surface area contributed by atoms with Crippen LogP contribution in [0.4, 0.5) is 0 Å². The number of carbonyl (C=O) groups is 1. The van der Waals surface area contributed by atoms with Gasteiger partial charge in [-0.2, -0.15) is 0 Å². The van der Waals surface area contributed by atoms with E-state index in [2.05, 4.69) is 4.85 Å². The standard InChI is InChI=1S/C13H4N2OS2/c1-15-9(6-14)10-7-2-4-18-13(7)11(16)8-3-5-17-12(8)10/h2-5H/b10-9-. The number of allylic oxidation sites excluding steroid dienone is 1. The minimum Gasteiger partial charge on any atom is -0.288 e. The molecule has 0 spiro atoms. The Morgan fingerprint density at radius 2 is 1.89 bits per heavy atom. The van der Waals surface area contributed by atoms with E-state index in [0.29, 0.717) is 21.6 Å². The molecule has 1 aliphatic rings. The fourth-order valence-electron chi connectivity index (χ4n) is 1.98. The van der Waals surface area contributed by atoms with Crippen LogP contribution in [0.5, 0.6) is 0 Å². The Labute approximate surface area is 111 Å². The number of fused-ring (bicyclic) bond motifs is 2. The van der Waals surface area contributed by atoms with E-state index in [-0.39, 0.29) is 11.5 Å². The Morgan fingerprint density at radius 3 is 2.56 bits per heavy atom. The first-order valence-corrected chi connectivity index (χ1v) is 6.76. The van der Waals surface area contributed by atoms with Gasteiger partial charge in [-0.3, -0.25) is 4.79 Å². The third kappa shape index (κ3) is 1.29. The number of carbonyl (C=O) groups excluding carboxylic acids is 1. The monoisotopic (exact) mass is 268 g/mol. The van der Waals surface area contributed by atoms with Crippen molar-refractivity contribution >= 4 is 34.0 Å². The molecule has 2 heterocycles. The molecule has 0 aliphatic heterocycles. The Kier molecular flexibility index (Phi) is 2.38. The van der Waals surface area contributed by atoms with Gasteiger partial charge in [-0.25, -0.2) is 10.1 Å². The smallest absolute Gasteiger partial charge is 0.271 e. The van der Waals surface area contributed by atoms with Gasteiger partial charge in [0.2, 0.25) is 5.78 Å². The van der Waals surface area contributed by atoms with Gasteiger partial charge in [0, 0.05) is 16.0 Å². The predicted octanol–water partition coefficient (Wildman–Crippen LogP) is 3.56. The van der Waals surface area contributed by atoms with Crippen LogP contribution < -0.4 is 0 Å². The number of ketones is 1. The Bertz CT molecular complexity index is 718. The first kappa shape index (κ1) is 10.9. The molecule has 84 valence electrons. The summed E-state index contributed by atoms with van der Waals surface area (Å²) in [5.41, 5.74) is 1.97. The van der Waals surface area contributed by atoms with Crippen molar-refractivity contribution in [3.8, 4) is 6.07 Å². The van der Waals surface area contributed by atoms with Crippen LogP contribution in [0.1, 0.15) is 25.7 Å². The second-order valence-corrected chi connectivity index (χ2v) is 5.44. The van der Waals surface area contributed by atoms with Crippen molar-refractivity contribution < 1.29 is 4.79 Å². The maximum absolute atomic E-state index is 12.2. The molecule has 3 rings (SSSR count). The number of thiophene rings is 2. The van der Waals surface area contributed by atoms with Crippen molar-refractivity contribution in [2.24, 2.45) is 0 Å². The van der Waals surface area contributed by atoms with Crippen LogP contribution >= 0.6 is 22.7 Å². The number of nitriles is 1. The minimum atomic E-state index is -0.0118. The minimum absolute atomic E-state index is 0.0118. The summed E-state index contributed by atoms with van der Waals surface area (Å²) in [5, 5.41) is 12.7. The molecule has 0 amide bonds. The predicted molar refractivity (Wildman–Crippen MR) is 70.3 cm³/mol. The van der Waals surface area contributed by atoms with Crippen molar-refractivity contribution in [2.75, 3.05) is 0 Å². The lowest BCUT2D eigenvalue weighted by Gasteiger charge is -2.14. The maximum Gasteiger partial charge on any atom is 0.271 e. The average Bonchev–Trinajstić information content (AvgIpc) is 3.03. The molecule has 1 aliphatic carbocycles. The summed E-state index contributed by atoms with van der Waals surface area (Å²) in [6.45, 7) is 7.10. The number of hydrogen-bond acceptors (Lipinski definition) is 4. The van der Waals surface area contributed by atoms with E-state index in [4.69, 9.17) is 11.8 Å². The Balaban J connectivity index is 2.45. The topological polar surface area (TPSA) is 45.2 Å². The molecule has 0 aromatic carbocycles. The molecule has 0 atom stereocenters. The molecule has 0 N–H and O–H groups in total. The molecule has 0 unspecified atom stereocenters. The van der Waals surface area contributed by atoms with E-state index in [0.717, 1.165) is 4.88 Å². The van der Waals surface area contributed by atoms with Gasteiger partial charge < -0.3 is 0 Å². The summed E-state index contributed by atoms with van der Waals surface area (Å²) in [6.07, 6.45) is 0.